The Morgan fingerprint density at radius 1 is 1.00 bits per heavy atom. The van der Waals surface area contributed by atoms with Crippen LogP contribution in [0.5, 0.6) is 11.5 Å². The summed E-state index contributed by atoms with van der Waals surface area (Å²) in [5.41, 5.74) is 0.458. The molecule has 6 nitrogen and oxygen atoms in total. The summed E-state index contributed by atoms with van der Waals surface area (Å²) < 4.78 is 15.7. The SMILES string of the molecule is COc1ccc(NC(=O)C(C)OC(=O)C(C)Oc2ccc(Cl)cc2)cc1Cl. The molecule has 0 spiro atoms. The number of carbonyl (C=O) groups excluding carboxylic acids is 2. The van der Waals surface area contributed by atoms with Crippen LogP contribution in [0, 0.1) is 0 Å². The van der Waals surface area contributed by atoms with Gasteiger partial charge in [-0.05, 0) is 56.3 Å². The summed E-state index contributed by atoms with van der Waals surface area (Å²) in [5.74, 6) is -0.209. The zero-order chi connectivity index (χ0) is 20.0. The topological polar surface area (TPSA) is 73.9 Å². The number of esters is 1. The number of carbonyl (C=O) groups is 2. The van der Waals surface area contributed by atoms with Gasteiger partial charge in [0, 0.05) is 10.7 Å². The molecule has 2 aromatic rings. The number of benzene rings is 2. The smallest absolute Gasteiger partial charge is 0.347 e. The van der Waals surface area contributed by atoms with Gasteiger partial charge in [-0.25, -0.2) is 4.79 Å². The molecule has 1 N–H and O–H groups in total. The van der Waals surface area contributed by atoms with Gasteiger partial charge in [0.1, 0.15) is 11.5 Å². The van der Waals surface area contributed by atoms with Crippen molar-refractivity contribution in [3.63, 3.8) is 0 Å². The van der Waals surface area contributed by atoms with Gasteiger partial charge in [0.2, 0.25) is 0 Å². The molecule has 8 heteroatoms. The molecule has 2 atom stereocenters. The van der Waals surface area contributed by atoms with Crippen molar-refractivity contribution >= 4 is 40.8 Å². The molecular weight excluding hydrogens is 393 g/mol. The van der Waals surface area contributed by atoms with Gasteiger partial charge in [-0.2, -0.15) is 0 Å². The number of hydrogen-bond acceptors (Lipinski definition) is 5. The monoisotopic (exact) mass is 411 g/mol. The highest BCUT2D eigenvalue weighted by Gasteiger charge is 2.23. The Bertz CT molecular complexity index is 810. The summed E-state index contributed by atoms with van der Waals surface area (Å²) in [6.07, 6.45) is -1.91. The zero-order valence-corrected chi connectivity index (χ0v) is 16.5. The number of anilines is 1. The third kappa shape index (κ3) is 6.05. The van der Waals surface area contributed by atoms with Crippen LogP contribution in [0.15, 0.2) is 42.5 Å². The van der Waals surface area contributed by atoms with Crippen molar-refractivity contribution in [2.75, 3.05) is 12.4 Å². The van der Waals surface area contributed by atoms with Crippen LogP contribution in [0.1, 0.15) is 13.8 Å². The average Bonchev–Trinajstić information content (AvgIpc) is 2.63. The first-order valence-electron chi connectivity index (χ1n) is 8.07. The minimum atomic E-state index is -1.02. The van der Waals surface area contributed by atoms with Crippen molar-refractivity contribution in [3.8, 4) is 11.5 Å². The molecule has 0 saturated heterocycles. The van der Waals surface area contributed by atoms with E-state index in [0.717, 1.165) is 0 Å². The Morgan fingerprint density at radius 2 is 1.67 bits per heavy atom. The fourth-order valence-corrected chi connectivity index (χ4v) is 2.46. The molecule has 0 aliphatic carbocycles. The number of rotatable bonds is 7. The van der Waals surface area contributed by atoms with Gasteiger partial charge in [-0.15, -0.1) is 0 Å². The van der Waals surface area contributed by atoms with E-state index in [1.807, 2.05) is 0 Å². The molecule has 0 aromatic heterocycles. The van der Waals surface area contributed by atoms with Gasteiger partial charge in [-0.1, -0.05) is 23.2 Å². The predicted molar refractivity (Wildman–Crippen MR) is 104 cm³/mol. The summed E-state index contributed by atoms with van der Waals surface area (Å²) in [6, 6.07) is 11.3. The Morgan fingerprint density at radius 3 is 2.26 bits per heavy atom. The molecule has 27 heavy (non-hydrogen) atoms. The first kappa shape index (κ1) is 20.9. The van der Waals surface area contributed by atoms with E-state index in [9.17, 15) is 9.59 Å². The standard InChI is InChI=1S/C19H19Cl2NO5/c1-11(18(23)22-14-6-9-17(25-3)16(21)10-14)27-19(24)12(2)26-15-7-4-13(20)5-8-15/h4-12H,1-3H3,(H,22,23). The summed E-state index contributed by atoms with van der Waals surface area (Å²) in [7, 11) is 1.49. The molecule has 2 rings (SSSR count). The minimum Gasteiger partial charge on any atom is -0.495 e. The Hall–Kier alpha value is -2.44. The summed E-state index contributed by atoms with van der Waals surface area (Å²) in [4.78, 5) is 24.3. The van der Waals surface area contributed by atoms with Gasteiger partial charge in [0.15, 0.2) is 12.2 Å². The van der Waals surface area contributed by atoms with Gasteiger partial charge >= 0.3 is 5.97 Å². The van der Waals surface area contributed by atoms with Crippen molar-refractivity contribution < 1.29 is 23.8 Å². The maximum absolute atomic E-state index is 12.2. The lowest BCUT2D eigenvalue weighted by Gasteiger charge is -2.18. The van der Waals surface area contributed by atoms with Gasteiger partial charge in [0.25, 0.3) is 5.91 Å². The molecule has 1 amide bonds. The number of halogens is 2. The number of methoxy groups -OCH3 is 1. The highest BCUT2D eigenvalue weighted by atomic mass is 35.5. The Balaban J connectivity index is 1.89. The first-order chi connectivity index (χ1) is 12.8. The summed E-state index contributed by atoms with van der Waals surface area (Å²) in [5, 5.41) is 3.53. The van der Waals surface area contributed by atoms with Crippen LogP contribution in [0.4, 0.5) is 5.69 Å². The molecular formula is C19H19Cl2NO5. The van der Waals surface area contributed by atoms with E-state index in [1.165, 1.54) is 21.0 Å². The normalized spacial score (nSPS) is 12.6. The van der Waals surface area contributed by atoms with Crippen molar-refractivity contribution in [2.45, 2.75) is 26.1 Å². The number of ether oxygens (including phenoxy) is 3. The third-order valence-electron chi connectivity index (χ3n) is 3.54. The van der Waals surface area contributed by atoms with Crippen molar-refractivity contribution in [1.29, 1.82) is 0 Å². The van der Waals surface area contributed by atoms with Crippen molar-refractivity contribution in [2.24, 2.45) is 0 Å². The quantitative estimate of drug-likeness (QED) is 0.685. The predicted octanol–water partition coefficient (Wildman–Crippen LogP) is 4.34. The van der Waals surface area contributed by atoms with Crippen molar-refractivity contribution in [3.05, 3.63) is 52.5 Å². The molecule has 2 aromatic carbocycles. The maximum Gasteiger partial charge on any atom is 0.347 e. The largest absolute Gasteiger partial charge is 0.495 e. The lowest BCUT2D eigenvalue weighted by molar-refractivity contribution is -0.159. The molecule has 144 valence electrons. The highest BCUT2D eigenvalue weighted by Crippen LogP contribution is 2.27. The van der Waals surface area contributed by atoms with E-state index >= 15 is 0 Å². The summed E-state index contributed by atoms with van der Waals surface area (Å²) >= 11 is 11.8. The molecule has 0 saturated carbocycles. The second kappa shape index (κ2) is 9.48. The fourth-order valence-electron chi connectivity index (χ4n) is 2.08. The fraction of sp³-hybridized carbons (Fsp3) is 0.263. The average molecular weight is 412 g/mol. The van der Waals surface area contributed by atoms with E-state index in [4.69, 9.17) is 37.4 Å². The van der Waals surface area contributed by atoms with Crippen LogP contribution in [0.25, 0.3) is 0 Å². The number of nitrogens with one attached hydrogen (secondary N) is 1. The van der Waals surface area contributed by atoms with Crippen LogP contribution < -0.4 is 14.8 Å². The Labute approximate surface area is 167 Å². The van der Waals surface area contributed by atoms with Gasteiger partial charge in [0.05, 0.1) is 12.1 Å². The number of amides is 1. The maximum atomic E-state index is 12.2. The Kier molecular flexibility index (Phi) is 7.33. The number of hydrogen-bond donors (Lipinski definition) is 1. The molecule has 0 bridgehead atoms. The van der Waals surface area contributed by atoms with Crippen LogP contribution in [-0.2, 0) is 14.3 Å². The first-order valence-corrected chi connectivity index (χ1v) is 8.83. The molecule has 2 unspecified atom stereocenters. The molecule has 0 fully saturated rings. The molecule has 0 heterocycles. The van der Waals surface area contributed by atoms with E-state index < -0.39 is 24.1 Å². The van der Waals surface area contributed by atoms with Crippen LogP contribution in [0.2, 0.25) is 10.0 Å². The van der Waals surface area contributed by atoms with Gasteiger partial charge < -0.3 is 19.5 Å². The van der Waals surface area contributed by atoms with Gasteiger partial charge in [-0.3, -0.25) is 4.79 Å². The van der Waals surface area contributed by atoms with Crippen LogP contribution >= 0.6 is 23.2 Å². The second-order valence-electron chi connectivity index (χ2n) is 5.63. The van der Waals surface area contributed by atoms with E-state index in [0.29, 0.717) is 27.2 Å². The zero-order valence-electron chi connectivity index (χ0n) is 15.0. The second-order valence-corrected chi connectivity index (χ2v) is 6.48. The van der Waals surface area contributed by atoms with E-state index in [-0.39, 0.29) is 0 Å². The molecule has 0 radical (unpaired) electrons. The van der Waals surface area contributed by atoms with Crippen LogP contribution in [-0.4, -0.2) is 31.2 Å². The molecule has 0 aliphatic rings. The van der Waals surface area contributed by atoms with Crippen molar-refractivity contribution in [1.82, 2.24) is 0 Å². The minimum absolute atomic E-state index is 0.352. The van der Waals surface area contributed by atoms with E-state index in [2.05, 4.69) is 5.32 Å². The van der Waals surface area contributed by atoms with E-state index in [1.54, 1.807) is 42.5 Å². The third-order valence-corrected chi connectivity index (χ3v) is 4.09. The summed E-state index contributed by atoms with van der Waals surface area (Å²) in [6.45, 7) is 3.00. The lowest BCUT2D eigenvalue weighted by atomic mass is 10.2. The molecule has 0 aliphatic heterocycles. The highest BCUT2D eigenvalue weighted by molar-refractivity contribution is 6.32. The van der Waals surface area contributed by atoms with Crippen LogP contribution in [0.3, 0.4) is 0 Å². The lowest BCUT2D eigenvalue weighted by Crippen LogP contribution is -2.35.